The topological polar surface area (TPSA) is 58.6 Å². The number of hydrogen-bond acceptors (Lipinski definition) is 3. The lowest BCUT2D eigenvalue weighted by molar-refractivity contribution is -0.142. The van der Waals surface area contributed by atoms with E-state index in [1.165, 1.54) is 41.7 Å². The van der Waals surface area contributed by atoms with Gasteiger partial charge < -0.3 is 15.0 Å². The predicted molar refractivity (Wildman–Crippen MR) is 113 cm³/mol. The summed E-state index contributed by atoms with van der Waals surface area (Å²) in [6.07, 6.45) is 5.16. The molecule has 0 spiro atoms. The number of hydrogen-bond donors (Lipinski definition) is 1. The van der Waals surface area contributed by atoms with Gasteiger partial charge >= 0.3 is 0 Å². The average Bonchev–Trinajstić information content (AvgIpc) is 2.78. The van der Waals surface area contributed by atoms with Crippen LogP contribution >= 0.6 is 0 Å². The number of ether oxygens (including phenoxy) is 1. The molecule has 0 heterocycles. The second-order valence-electron chi connectivity index (χ2n) is 7.88. The highest BCUT2D eigenvalue weighted by Gasteiger charge is 2.29. The Kier molecular flexibility index (Phi) is 7.98. The minimum atomic E-state index is -0.800. The van der Waals surface area contributed by atoms with Gasteiger partial charge in [0.1, 0.15) is 23.4 Å². The highest BCUT2D eigenvalue weighted by Crippen LogP contribution is 2.19. The summed E-state index contributed by atoms with van der Waals surface area (Å²) >= 11 is 0. The molecule has 1 N–H and O–H groups in total. The summed E-state index contributed by atoms with van der Waals surface area (Å²) in [5.74, 6) is -1.25. The number of carbonyl (C=O) groups is 2. The first-order valence-electron chi connectivity index (χ1n) is 10.7. The molecule has 0 saturated heterocycles. The van der Waals surface area contributed by atoms with Gasteiger partial charge in [0.25, 0.3) is 5.91 Å². The molecule has 2 amide bonds. The quantitative estimate of drug-likeness (QED) is 0.683. The fourth-order valence-corrected chi connectivity index (χ4v) is 3.72. The van der Waals surface area contributed by atoms with E-state index in [1.807, 2.05) is 0 Å². The van der Waals surface area contributed by atoms with Crippen molar-refractivity contribution in [1.29, 1.82) is 0 Å². The van der Waals surface area contributed by atoms with Crippen LogP contribution in [0, 0.1) is 11.6 Å². The zero-order valence-corrected chi connectivity index (χ0v) is 17.7. The molecular formula is C24H28F2N2O3. The van der Waals surface area contributed by atoms with Crippen LogP contribution in [0.25, 0.3) is 0 Å². The highest BCUT2D eigenvalue weighted by atomic mass is 19.1. The van der Waals surface area contributed by atoms with Crippen molar-refractivity contribution in [2.45, 2.75) is 57.7 Å². The van der Waals surface area contributed by atoms with Crippen LogP contribution in [0.2, 0.25) is 0 Å². The predicted octanol–water partition coefficient (Wildman–Crippen LogP) is 4.21. The Hall–Kier alpha value is -2.96. The molecule has 5 nitrogen and oxygen atoms in total. The maximum absolute atomic E-state index is 14.2. The van der Waals surface area contributed by atoms with E-state index in [9.17, 15) is 18.4 Å². The molecule has 7 heteroatoms. The summed E-state index contributed by atoms with van der Waals surface area (Å²) < 4.78 is 32.8. The molecular weight excluding hydrogens is 402 g/mol. The summed E-state index contributed by atoms with van der Waals surface area (Å²) in [6.45, 7) is 1.23. The molecule has 0 aromatic heterocycles. The van der Waals surface area contributed by atoms with Gasteiger partial charge in [-0.1, -0.05) is 37.5 Å². The van der Waals surface area contributed by atoms with E-state index in [4.69, 9.17) is 4.74 Å². The maximum atomic E-state index is 14.2. The molecule has 1 aliphatic rings. The van der Waals surface area contributed by atoms with Crippen molar-refractivity contribution in [2.24, 2.45) is 0 Å². The Balaban J connectivity index is 1.71. The second-order valence-corrected chi connectivity index (χ2v) is 7.88. The third-order valence-electron chi connectivity index (χ3n) is 5.59. The van der Waals surface area contributed by atoms with Gasteiger partial charge in [-0.15, -0.1) is 0 Å². The first-order chi connectivity index (χ1) is 14.9. The smallest absolute Gasteiger partial charge is 0.261 e. The first-order valence-corrected chi connectivity index (χ1v) is 10.7. The molecule has 0 bridgehead atoms. The monoisotopic (exact) mass is 430 g/mol. The normalized spacial score (nSPS) is 15.2. The van der Waals surface area contributed by atoms with Gasteiger partial charge in [0, 0.05) is 18.2 Å². The molecule has 2 aromatic carbocycles. The molecule has 31 heavy (non-hydrogen) atoms. The summed E-state index contributed by atoms with van der Waals surface area (Å²) in [4.78, 5) is 27.1. The van der Waals surface area contributed by atoms with Crippen LogP contribution in [0.3, 0.4) is 0 Å². The lowest BCUT2D eigenvalue weighted by Gasteiger charge is -2.31. The van der Waals surface area contributed by atoms with E-state index in [0.717, 1.165) is 25.7 Å². The zero-order valence-electron chi connectivity index (χ0n) is 17.7. The van der Waals surface area contributed by atoms with E-state index in [0.29, 0.717) is 11.3 Å². The van der Waals surface area contributed by atoms with Gasteiger partial charge in [-0.05, 0) is 50.1 Å². The molecule has 3 rings (SSSR count). The van der Waals surface area contributed by atoms with Gasteiger partial charge in [0.05, 0.1) is 0 Å². The average molecular weight is 430 g/mol. The molecule has 1 aliphatic carbocycles. The minimum absolute atomic E-state index is 0.0580. The Morgan fingerprint density at radius 1 is 1.06 bits per heavy atom. The number of nitrogens with one attached hydrogen (secondary N) is 1. The summed E-state index contributed by atoms with van der Waals surface area (Å²) in [6, 6.07) is 10.8. The number of benzene rings is 2. The molecule has 1 fully saturated rings. The van der Waals surface area contributed by atoms with Gasteiger partial charge in [-0.25, -0.2) is 8.78 Å². The number of rotatable bonds is 8. The SMILES string of the molecule is CC(C(=O)NC1CCCCC1)N(Cc1ccccc1F)C(=O)COc1ccc(F)cc1. The van der Waals surface area contributed by atoms with E-state index in [-0.39, 0.29) is 25.1 Å². The summed E-state index contributed by atoms with van der Waals surface area (Å²) in [5, 5.41) is 3.03. The third-order valence-corrected chi connectivity index (χ3v) is 5.59. The third kappa shape index (κ3) is 6.51. The van der Waals surface area contributed by atoms with Crippen molar-refractivity contribution < 1.29 is 23.1 Å². The first kappa shape index (κ1) is 22.7. The van der Waals surface area contributed by atoms with Crippen LogP contribution in [-0.2, 0) is 16.1 Å². The van der Waals surface area contributed by atoms with Crippen molar-refractivity contribution in [3.63, 3.8) is 0 Å². The van der Waals surface area contributed by atoms with Crippen molar-refractivity contribution in [1.82, 2.24) is 10.2 Å². The van der Waals surface area contributed by atoms with Crippen LogP contribution in [-0.4, -0.2) is 35.4 Å². The van der Waals surface area contributed by atoms with Crippen molar-refractivity contribution in [2.75, 3.05) is 6.61 Å². The molecule has 1 saturated carbocycles. The van der Waals surface area contributed by atoms with E-state index in [2.05, 4.69) is 5.32 Å². The number of nitrogens with zero attached hydrogens (tertiary/aromatic N) is 1. The Morgan fingerprint density at radius 2 is 1.74 bits per heavy atom. The lowest BCUT2D eigenvalue weighted by Crippen LogP contribution is -2.51. The molecule has 166 valence electrons. The Labute approximate surface area is 181 Å². The molecule has 0 radical (unpaired) electrons. The fourth-order valence-electron chi connectivity index (χ4n) is 3.72. The summed E-state index contributed by atoms with van der Waals surface area (Å²) in [7, 11) is 0. The van der Waals surface area contributed by atoms with Gasteiger partial charge in [-0.2, -0.15) is 0 Å². The van der Waals surface area contributed by atoms with Crippen LogP contribution in [0.5, 0.6) is 5.75 Å². The van der Waals surface area contributed by atoms with Gasteiger partial charge in [0.15, 0.2) is 6.61 Å². The molecule has 1 unspecified atom stereocenters. The van der Waals surface area contributed by atoms with Crippen molar-refractivity contribution in [3.8, 4) is 5.75 Å². The molecule has 1 atom stereocenters. The summed E-state index contributed by atoms with van der Waals surface area (Å²) in [5.41, 5.74) is 0.315. The maximum Gasteiger partial charge on any atom is 0.261 e. The standard InChI is InChI=1S/C24H28F2N2O3/c1-17(24(30)27-20-8-3-2-4-9-20)28(15-18-7-5-6-10-22(18)26)23(29)16-31-21-13-11-19(25)12-14-21/h5-7,10-14,17,20H,2-4,8-9,15-16H2,1H3,(H,27,30). The second kappa shape index (κ2) is 10.9. The highest BCUT2D eigenvalue weighted by molar-refractivity contribution is 5.88. The van der Waals surface area contributed by atoms with Crippen molar-refractivity contribution >= 4 is 11.8 Å². The van der Waals surface area contributed by atoms with E-state index < -0.39 is 23.6 Å². The Bertz CT molecular complexity index is 883. The fraction of sp³-hybridized carbons (Fsp3) is 0.417. The van der Waals surface area contributed by atoms with Crippen molar-refractivity contribution in [3.05, 3.63) is 65.7 Å². The van der Waals surface area contributed by atoms with E-state index >= 15 is 0 Å². The lowest BCUT2D eigenvalue weighted by atomic mass is 9.95. The van der Waals surface area contributed by atoms with Gasteiger partial charge in [0.2, 0.25) is 5.91 Å². The molecule has 2 aromatic rings. The Morgan fingerprint density at radius 3 is 2.42 bits per heavy atom. The van der Waals surface area contributed by atoms with Crippen LogP contribution in [0.4, 0.5) is 8.78 Å². The van der Waals surface area contributed by atoms with Crippen LogP contribution in [0.15, 0.2) is 48.5 Å². The minimum Gasteiger partial charge on any atom is -0.484 e. The zero-order chi connectivity index (χ0) is 22.2. The van der Waals surface area contributed by atoms with Gasteiger partial charge in [-0.3, -0.25) is 9.59 Å². The number of halogens is 2. The van der Waals surface area contributed by atoms with Crippen LogP contribution < -0.4 is 10.1 Å². The van der Waals surface area contributed by atoms with E-state index in [1.54, 1.807) is 25.1 Å². The van der Waals surface area contributed by atoms with Crippen LogP contribution in [0.1, 0.15) is 44.6 Å². The molecule has 0 aliphatic heterocycles. The largest absolute Gasteiger partial charge is 0.484 e. The number of carbonyl (C=O) groups excluding carboxylic acids is 2. The number of amides is 2.